The summed E-state index contributed by atoms with van der Waals surface area (Å²) in [5.74, 6) is 5.62. The molecule has 0 radical (unpaired) electrons. The molecule has 1 heterocycles. The van der Waals surface area contributed by atoms with Crippen LogP contribution in [-0.2, 0) is 4.79 Å². The first-order chi connectivity index (χ1) is 11.6. The van der Waals surface area contributed by atoms with Crippen LogP contribution in [0.15, 0.2) is 48.5 Å². The molecule has 0 aromatic heterocycles. The van der Waals surface area contributed by atoms with Crippen molar-refractivity contribution in [3.63, 3.8) is 0 Å². The Morgan fingerprint density at radius 1 is 1.00 bits per heavy atom. The molecule has 1 saturated heterocycles. The van der Waals surface area contributed by atoms with E-state index in [1.54, 1.807) is 24.3 Å². The highest BCUT2D eigenvalue weighted by Gasteiger charge is 2.34. The summed E-state index contributed by atoms with van der Waals surface area (Å²) in [5.41, 5.74) is 9.50. The first kappa shape index (κ1) is 16.3. The van der Waals surface area contributed by atoms with Crippen LogP contribution >= 0.6 is 11.6 Å². The smallest absolute Gasteiger partial charge is 0.327 e. The minimum Gasteiger partial charge on any atom is -0.480 e. The fourth-order valence-corrected chi connectivity index (χ4v) is 2.21. The number of carbonyl (C=O) groups is 1. The summed E-state index contributed by atoms with van der Waals surface area (Å²) in [5, 5.41) is 9.72. The van der Waals surface area contributed by atoms with Gasteiger partial charge in [-0.15, -0.1) is 0 Å². The van der Waals surface area contributed by atoms with E-state index < -0.39 is 18.2 Å². The topological polar surface area (TPSA) is 82.6 Å². The van der Waals surface area contributed by atoms with E-state index in [1.165, 1.54) is 0 Å². The third kappa shape index (κ3) is 4.04. The monoisotopic (exact) mass is 343 g/mol. The summed E-state index contributed by atoms with van der Waals surface area (Å²) in [6, 6.07) is 13.5. The van der Waals surface area contributed by atoms with E-state index in [0.29, 0.717) is 10.8 Å². The molecule has 7 heteroatoms. The van der Waals surface area contributed by atoms with Gasteiger partial charge >= 0.3 is 5.97 Å². The lowest BCUT2D eigenvalue weighted by atomic mass is 10.2. The Bertz CT molecular complexity index is 781. The SMILES string of the molecule is O=C(O)C1NNNC1Oc1ccc(C#Cc2ccc(Cl)cc2)cc1. The average molecular weight is 344 g/mol. The molecule has 6 nitrogen and oxygen atoms in total. The van der Waals surface area contributed by atoms with Crippen molar-refractivity contribution in [2.45, 2.75) is 12.3 Å². The molecule has 24 heavy (non-hydrogen) atoms. The zero-order chi connectivity index (χ0) is 16.9. The molecule has 1 fully saturated rings. The van der Waals surface area contributed by atoms with Gasteiger partial charge in [-0.3, -0.25) is 4.79 Å². The summed E-state index contributed by atoms with van der Waals surface area (Å²) in [4.78, 5) is 11.0. The minimum absolute atomic E-state index is 0.543. The van der Waals surface area contributed by atoms with E-state index in [0.717, 1.165) is 11.1 Å². The second-order valence-corrected chi connectivity index (χ2v) is 5.49. The zero-order valence-electron chi connectivity index (χ0n) is 12.4. The van der Waals surface area contributed by atoms with E-state index in [1.807, 2.05) is 24.3 Å². The Labute approximate surface area is 143 Å². The number of aliphatic carboxylic acids is 1. The van der Waals surface area contributed by atoms with Crippen molar-refractivity contribution in [1.29, 1.82) is 0 Å². The molecule has 1 aliphatic heterocycles. The lowest BCUT2D eigenvalue weighted by Gasteiger charge is -2.16. The molecule has 0 aliphatic carbocycles. The van der Waals surface area contributed by atoms with Crippen molar-refractivity contribution in [2.75, 3.05) is 0 Å². The second-order valence-electron chi connectivity index (χ2n) is 5.05. The quantitative estimate of drug-likeness (QED) is 0.632. The Morgan fingerprint density at radius 3 is 2.17 bits per heavy atom. The Balaban J connectivity index is 1.65. The van der Waals surface area contributed by atoms with Gasteiger partial charge in [-0.1, -0.05) is 23.4 Å². The lowest BCUT2D eigenvalue weighted by Crippen LogP contribution is -2.44. The van der Waals surface area contributed by atoms with Gasteiger partial charge in [-0.2, -0.15) is 5.53 Å². The number of hydrogen-bond acceptors (Lipinski definition) is 5. The van der Waals surface area contributed by atoms with Crippen molar-refractivity contribution >= 4 is 17.6 Å². The average Bonchev–Trinajstić information content (AvgIpc) is 3.04. The van der Waals surface area contributed by atoms with Crippen LogP contribution in [0.1, 0.15) is 11.1 Å². The third-order valence-electron chi connectivity index (χ3n) is 3.32. The number of carboxylic acids is 1. The summed E-state index contributed by atoms with van der Waals surface area (Å²) in [6.07, 6.45) is -0.714. The van der Waals surface area contributed by atoms with Gasteiger partial charge in [0.1, 0.15) is 5.75 Å². The van der Waals surface area contributed by atoms with Crippen LogP contribution in [0.5, 0.6) is 5.75 Å². The largest absolute Gasteiger partial charge is 0.480 e. The number of rotatable bonds is 3. The maximum atomic E-state index is 11.0. The molecular weight excluding hydrogens is 330 g/mol. The highest BCUT2D eigenvalue weighted by Crippen LogP contribution is 2.15. The van der Waals surface area contributed by atoms with E-state index in [9.17, 15) is 4.79 Å². The first-order valence-corrected chi connectivity index (χ1v) is 7.53. The number of hydrazine groups is 2. The highest BCUT2D eigenvalue weighted by molar-refractivity contribution is 6.30. The molecule has 0 bridgehead atoms. The molecule has 2 aromatic rings. The first-order valence-electron chi connectivity index (χ1n) is 7.15. The van der Waals surface area contributed by atoms with Gasteiger partial charge < -0.3 is 9.84 Å². The van der Waals surface area contributed by atoms with E-state index in [-0.39, 0.29) is 0 Å². The van der Waals surface area contributed by atoms with Crippen molar-refractivity contribution in [3.05, 3.63) is 64.7 Å². The maximum absolute atomic E-state index is 11.0. The van der Waals surface area contributed by atoms with Crippen LogP contribution in [0.4, 0.5) is 0 Å². The second kappa shape index (κ2) is 7.34. The number of halogens is 1. The zero-order valence-corrected chi connectivity index (χ0v) is 13.2. The van der Waals surface area contributed by atoms with E-state index in [2.05, 4.69) is 28.2 Å². The number of ether oxygens (including phenoxy) is 1. The molecule has 0 saturated carbocycles. The van der Waals surface area contributed by atoms with Gasteiger partial charge in [-0.05, 0) is 48.5 Å². The third-order valence-corrected chi connectivity index (χ3v) is 3.58. The number of carboxylic acid groups (broad SMARTS) is 1. The molecule has 0 spiro atoms. The standard InChI is InChI=1S/C17H14ClN3O3/c18-13-7-3-11(4-8-13)1-2-12-5-9-14(10-6-12)24-16-15(17(22)23)19-21-20-16/h3-10,15-16,19-21H,(H,22,23). The van der Waals surface area contributed by atoms with Crippen LogP contribution in [0.25, 0.3) is 0 Å². The number of hydrogen-bond donors (Lipinski definition) is 4. The van der Waals surface area contributed by atoms with Crippen molar-refractivity contribution in [3.8, 4) is 17.6 Å². The minimum atomic E-state index is -1.01. The summed E-state index contributed by atoms with van der Waals surface area (Å²) >= 11 is 5.83. The van der Waals surface area contributed by atoms with Crippen LogP contribution < -0.4 is 21.1 Å². The predicted octanol–water partition coefficient (Wildman–Crippen LogP) is 1.51. The Kier molecular flexibility index (Phi) is 4.99. The van der Waals surface area contributed by atoms with E-state index in [4.69, 9.17) is 21.4 Å². The molecule has 0 amide bonds. The van der Waals surface area contributed by atoms with Crippen LogP contribution in [0.2, 0.25) is 5.02 Å². The van der Waals surface area contributed by atoms with Crippen molar-refractivity contribution in [1.82, 2.24) is 16.4 Å². The lowest BCUT2D eigenvalue weighted by molar-refractivity contribution is -0.141. The van der Waals surface area contributed by atoms with Gasteiger partial charge in [0.25, 0.3) is 0 Å². The van der Waals surface area contributed by atoms with Gasteiger partial charge in [0.05, 0.1) is 0 Å². The molecule has 2 atom stereocenters. The number of nitrogens with one attached hydrogen (secondary N) is 3. The predicted molar refractivity (Wildman–Crippen MR) is 89.1 cm³/mol. The van der Waals surface area contributed by atoms with Gasteiger partial charge in [0.2, 0.25) is 0 Å². The van der Waals surface area contributed by atoms with Gasteiger partial charge in [-0.25, -0.2) is 10.9 Å². The van der Waals surface area contributed by atoms with Crippen LogP contribution in [-0.4, -0.2) is 23.3 Å². The van der Waals surface area contributed by atoms with Gasteiger partial charge in [0.15, 0.2) is 12.3 Å². The normalized spacial score (nSPS) is 19.4. The molecule has 122 valence electrons. The summed E-state index contributed by atoms with van der Waals surface area (Å²) in [6.45, 7) is 0. The van der Waals surface area contributed by atoms with Crippen LogP contribution in [0.3, 0.4) is 0 Å². The molecule has 2 aromatic carbocycles. The van der Waals surface area contributed by atoms with E-state index >= 15 is 0 Å². The molecule has 2 unspecified atom stereocenters. The van der Waals surface area contributed by atoms with Gasteiger partial charge in [0, 0.05) is 16.1 Å². The molecule has 3 rings (SSSR count). The highest BCUT2D eigenvalue weighted by atomic mass is 35.5. The fourth-order valence-electron chi connectivity index (χ4n) is 2.08. The molecular formula is C17H14ClN3O3. The number of benzene rings is 2. The summed E-state index contributed by atoms with van der Waals surface area (Å²) < 4.78 is 5.60. The molecule has 1 aliphatic rings. The fraction of sp³-hybridized carbons (Fsp3) is 0.118. The summed E-state index contributed by atoms with van der Waals surface area (Å²) in [7, 11) is 0. The Hall–Kier alpha value is -2.56. The Morgan fingerprint density at radius 2 is 1.58 bits per heavy atom. The van der Waals surface area contributed by atoms with Crippen LogP contribution in [0, 0.1) is 11.8 Å². The molecule has 4 N–H and O–H groups in total. The maximum Gasteiger partial charge on any atom is 0.327 e. The van der Waals surface area contributed by atoms with Crippen molar-refractivity contribution in [2.24, 2.45) is 0 Å². The van der Waals surface area contributed by atoms with Crippen molar-refractivity contribution < 1.29 is 14.6 Å².